The molecule has 15 heavy (non-hydrogen) atoms. The minimum absolute atomic E-state index is 0.458. The van der Waals surface area contributed by atoms with Crippen LogP contribution in [0.3, 0.4) is 0 Å². The van der Waals surface area contributed by atoms with Crippen LogP contribution in [0, 0.1) is 0 Å². The zero-order valence-electron chi connectivity index (χ0n) is 8.56. The first-order valence-corrected chi connectivity index (χ1v) is 6.25. The minimum atomic E-state index is 0.458. The molecule has 2 aliphatic rings. The van der Waals surface area contributed by atoms with Gasteiger partial charge in [-0.3, -0.25) is 4.90 Å². The fourth-order valence-corrected chi connectivity index (χ4v) is 3.01. The van der Waals surface area contributed by atoms with Gasteiger partial charge in [-0.2, -0.15) is 0 Å². The lowest BCUT2D eigenvalue weighted by Crippen LogP contribution is -2.42. The van der Waals surface area contributed by atoms with Gasteiger partial charge >= 0.3 is 0 Å². The Balaban J connectivity index is 1.64. The van der Waals surface area contributed by atoms with Crippen molar-refractivity contribution in [3.8, 4) is 0 Å². The predicted molar refractivity (Wildman–Crippen MR) is 59.7 cm³/mol. The zero-order chi connectivity index (χ0) is 10.3. The summed E-state index contributed by atoms with van der Waals surface area (Å²) in [6.07, 6.45) is 3.36. The molecule has 2 fully saturated rings. The lowest BCUT2D eigenvalue weighted by molar-refractivity contribution is -0.0413. The summed E-state index contributed by atoms with van der Waals surface area (Å²) in [7, 11) is 0. The smallest absolute Gasteiger partial charge is 0.180 e. The Hall–Kier alpha value is -0.650. The number of hydrogen-bond acceptors (Lipinski definition) is 5. The monoisotopic (exact) mass is 225 g/mol. The summed E-state index contributed by atoms with van der Waals surface area (Å²) in [5.41, 5.74) is 6.71. The third kappa shape index (κ3) is 2.00. The van der Waals surface area contributed by atoms with E-state index in [-0.39, 0.29) is 0 Å². The fraction of sp³-hybridized carbons (Fsp3) is 0.700. The highest BCUT2D eigenvalue weighted by Crippen LogP contribution is 2.27. The van der Waals surface area contributed by atoms with Gasteiger partial charge in [-0.15, -0.1) is 11.3 Å². The number of ether oxygens (including phenoxy) is 1. The molecule has 2 aliphatic heterocycles. The van der Waals surface area contributed by atoms with Gasteiger partial charge in [0.05, 0.1) is 17.9 Å². The summed E-state index contributed by atoms with van der Waals surface area (Å²) >= 11 is 1.52. The fourth-order valence-electron chi connectivity index (χ4n) is 2.45. The van der Waals surface area contributed by atoms with Crippen molar-refractivity contribution in [3.63, 3.8) is 0 Å². The topological polar surface area (TPSA) is 51.4 Å². The van der Waals surface area contributed by atoms with Crippen LogP contribution in [-0.4, -0.2) is 35.2 Å². The molecule has 0 saturated carbocycles. The molecular formula is C10H15N3OS. The maximum absolute atomic E-state index is 5.79. The lowest BCUT2D eigenvalue weighted by Gasteiger charge is -2.31. The van der Waals surface area contributed by atoms with E-state index < -0.39 is 0 Å². The highest BCUT2D eigenvalue weighted by atomic mass is 32.1. The van der Waals surface area contributed by atoms with Gasteiger partial charge in [0.1, 0.15) is 0 Å². The number of thiazole rings is 1. The van der Waals surface area contributed by atoms with E-state index in [1.807, 2.05) is 5.38 Å². The van der Waals surface area contributed by atoms with Crippen molar-refractivity contribution in [1.82, 2.24) is 9.88 Å². The quantitative estimate of drug-likeness (QED) is 0.818. The summed E-state index contributed by atoms with van der Waals surface area (Å²) in [6, 6.07) is 0. The SMILES string of the molecule is Nc1nc(CN2CC3CCC(C2)O3)cs1. The molecule has 82 valence electrons. The molecule has 2 unspecified atom stereocenters. The molecule has 0 aromatic carbocycles. The van der Waals surface area contributed by atoms with Gasteiger partial charge in [0, 0.05) is 25.0 Å². The molecule has 3 rings (SSSR count). The normalized spacial score (nSPS) is 30.9. The standard InChI is InChI=1S/C10H15N3OS/c11-10-12-7(6-15-10)3-13-4-8-1-2-9(5-13)14-8/h6,8-9H,1-5H2,(H2,11,12). The molecule has 2 bridgehead atoms. The first-order chi connectivity index (χ1) is 7.29. The molecule has 4 nitrogen and oxygen atoms in total. The number of rotatable bonds is 2. The van der Waals surface area contributed by atoms with E-state index >= 15 is 0 Å². The number of nitrogens with zero attached hydrogens (tertiary/aromatic N) is 2. The number of hydrogen-bond donors (Lipinski definition) is 1. The molecule has 2 atom stereocenters. The largest absolute Gasteiger partial charge is 0.375 e. The second-order valence-corrected chi connectivity index (χ2v) is 5.22. The van der Waals surface area contributed by atoms with Gasteiger partial charge in [0.2, 0.25) is 0 Å². The summed E-state index contributed by atoms with van der Waals surface area (Å²) in [4.78, 5) is 6.72. The van der Waals surface area contributed by atoms with Crippen LogP contribution in [0.5, 0.6) is 0 Å². The molecule has 1 aromatic heterocycles. The van der Waals surface area contributed by atoms with E-state index in [1.54, 1.807) is 0 Å². The summed E-state index contributed by atoms with van der Waals surface area (Å²) in [5.74, 6) is 0. The van der Waals surface area contributed by atoms with Gasteiger partial charge in [-0.25, -0.2) is 4.98 Å². The first-order valence-electron chi connectivity index (χ1n) is 5.37. The van der Waals surface area contributed by atoms with E-state index in [2.05, 4.69) is 9.88 Å². The molecule has 5 heteroatoms. The summed E-state index contributed by atoms with van der Waals surface area (Å²) in [6.45, 7) is 3.02. The molecule has 2 N–H and O–H groups in total. The van der Waals surface area contributed by atoms with Crippen LogP contribution in [0.2, 0.25) is 0 Å². The number of nitrogens with two attached hydrogens (primary N) is 1. The number of nitrogen functional groups attached to an aromatic ring is 1. The molecule has 0 aliphatic carbocycles. The molecule has 2 saturated heterocycles. The van der Waals surface area contributed by atoms with Crippen LogP contribution < -0.4 is 5.73 Å². The third-order valence-corrected chi connectivity index (χ3v) is 3.80. The van der Waals surface area contributed by atoms with Crippen LogP contribution in [0.25, 0.3) is 0 Å². The van der Waals surface area contributed by atoms with Crippen molar-refractivity contribution >= 4 is 16.5 Å². The average Bonchev–Trinajstić information content (AvgIpc) is 2.74. The van der Waals surface area contributed by atoms with E-state index in [0.29, 0.717) is 17.3 Å². The maximum Gasteiger partial charge on any atom is 0.180 e. The molecule has 0 radical (unpaired) electrons. The van der Waals surface area contributed by atoms with Crippen molar-refractivity contribution in [1.29, 1.82) is 0 Å². The number of aromatic nitrogens is 1. The van der Waals surface area contributed by atoms with Gasteiger partial charge in [0.15, 0.2) is 5.13 Å². The van der Waals surface area contributed by atoms with E-state index in [1.165, 1.54) is 24.2 Å². The molecule has 0 amide bonds. The Bertz CT molecular complexity index is 342. The first kappa shape index (κ1) is 9.57. The number of fused-ring (bicyclic) bond motifs is 2. The van der Waals surface area contributed by atoms with Gasteiger partial charge in [0.25, 0.3) is 0 Å². The second-order valence-electron chi connectivity index (χ2n) is 4.33. The Labute approximate surface area is 93.0 Å². The van der Waals surface area contributed by atoms with Crippen molar-refractivity contribution < 1.29 is 4.74 Å². The van der Waals surface area contributed by atoms with Crippen LogP contribution in [0.4, 0.5) is 5.13 Å². The third-order valence-electron chi connectivity index (χ3n) is 3.07. The molecule has 1 aromatic rings. The van der Waals surface area contributed by atoms with Crippen LogP contribution in [-0.2, 0) is 11.3 Å². The molecule has 0 spiro atoms. The average molecular weight is 225 g/mol. The maximum atomic E-state index is 5.79. The second kappa shape index (κ2) is 3.73. The van der Waals surface area contributed by atoms with Crippen molar-refractivity contribution in [2.24, 2.45) is 0 Å². The highest BCUT2D eigenvalue weighted by Gasteiger charge is 2.33. The predicted octanol–water partition coefficient (Wildman–Crippen LogP) is 1.09. The van der Waals surface area contributed by atoms with Crippen LogP contribution in [0.1, 0.15) is 18.5 Å². The Morgan fingerprint density at radius 2 is 2.20 bits per heavy atom. The van der Waals surface area contributed by atoms with Gasteiger partial charge in [-0.1, -0.05) is 0 Å². The Kier molecular flexibility index (Phi) is 2.38. The number of morpholine rings is 1. The highest BCUT2D eigenvalue weighted by molar-refractivity contribution is 7.13. The minimum Gasteiger partial charge on any atom is -0.375 e. The Morgan fingerprint density at radius 3 is 2.80 bits per heavy atom. The van der Waals surface area contributed by atoms with E-state index in [9.17, 15) is 0 Å². The van der Waals surface area contributed by atoms with Crippen LogP contribution >= 0.6 is 11.3 Å². The lowest BCUT2D eigenvalue weighted by atomic mass is 10.2. The van der Waals surface area contributed by atoms with Gasteiger partial charge in [-0.05, 0) is 12.8 Å². The van der Waals surface area contributed by atoms with Crippen LogP contribution in [0.15, 0.2) is 5.38 Å². The molecular weight excluding hydrogens is 210 g/mol. The van der Waals surface area contributed by atoms with Crippen molar-refractivity contribution in [2.75, 3.05) is 18.8 Å². The van der Waals surface area contributed by atoms with E-state index in [4.69, 9.17) is 10.5 Å². The van der Waals surface area contributed by atoms with Crippen molar-refractivity contribution in [3.05, 3.63) is 11.1 Å². The summed E-state index contributed by atoms with van der Waals surface area (Å²) in [5, 5.41) is 2.72. The van der Waals surface area contributed by atoms with E-state index in [0.717, 1.165) is 25.3 Å². The number of anilines is 1. The zero-order valence-corrected chi connectivity index (χ0v) is 9.37. The number of likely N-dealkylation sites (tertiary alicyclic amines) is 1. The summed E-state index contributed by atoms with van der Waals surface area (Å²) < 4.78 is 5.79. The Morgan fingerprint density at radius 1 is 1.47 bits per heavy atom. The van der Waals surface area contributed by atoms with Crippen molar-refractivity contribution in [2.45, 2.75) is 31.6 Å². The molecule has 3 heterocycles. The van der Waals surface area contributed by atoms with Gasteiger partial charge < -0.3 is 10.5 Å².